The number of anilines is 1. The lowest BCUT2D eigenvalue weighted by Gasteiger charge is -2.07. The molecule has 0 aliphatic carbocycles. The molecule has 1 heterocycles. The molecular formula is C17H17N3O5. The van der Waals surface area contributed by atoms with Crippen LogP contribution in [0.1, 0.15) is 30.1 Å². The first-order valence-corrected chi connectivity index (χ1v) is 7.68. The molecule has 8 heteroatoms. The maximum Gasteiger partial charge on any atom is 0.285 e. The number of rotatable bonds is 7. The van der Waals surface area contributed by atoms with Gasteiger partial charge in [-0.3, -0.25) is 24.5 Å². The molecule has 0 radical (unpaired) electrons. The van der Waals surface area contributed by atoms with Crippen molar-refractivity contribution in [2.75, 3.05) is 5.32 Å². The highest BCUT2D eigenvalue weighted by molar-refractivity contribution is 5.97. The molecule has 0 bridgehead atoms. The number of amides is 1. The summed E-state index contributed by atoms with van der Waals surface area (Å²) in [4.78, 5) is 45.7. The summed E-state index contributed by atoms with van der Waals surface area (Å²) >= 11 is 0. The summed E-state index contributed by atoms with van der Waals surface area (Å²) in [6.45, 7) is 1.60. The van der Waals surface area contributed by atoms with E-state index in [9.17, 15) is 24.5 Å². The van der Waals surface area contributed by atoms with Crippen LogP contribution in [0, 0.1) is 10.1 Å². The molecule has 2 rings (SSSR count). The molecule has 0 fully saturated rings. The molecule has 1 aromatic carbocycles. The van der Waals surface area contributed by atoms with Gasteiger partial charge in [-0.2, -0.15) is 0 Å². The molecule has 0 unspecified atom stereocenters. The van der Waals surface area contributed by atoms with Crippen molar-refractivity contribution < 1.29 is 14.5 Å². The highest BCUT2D eigenvalue weighted by Gasteiger charge is 2.12. The minimum absolute atomic E-state index is 0.107. The first-order valence-electron chi connectivity index (χ1n) is 7.68. The zero-order valence-electron chi connectivity index (χ0n) is 13.6. The Morgan fingerprint density at radius 1 is 1.16 bits per heavy atom. The van der Waals surface area contributed by atoms with E-state index in [0.717, 1.165) is 29.3 Å². The van der Waals surface area contributed by atoms with Gasteiger partial charge in [-0.05, 0) is 30.7 Å². The Kier molecular flexibility index (Phi) is 5.78. The van der Waals surface area contributed by atoms with Crippen LogP contribution < -0.4 is 10.9 Å². The van der Waals surface area contributed by atoms with Crippen LogP contribution in [0.25, 0.3) is 0 Å². The molecule has 0 saturated carbocycles. The second-order valence-electron chi connectivity index (χ2n) is 5.41. The Balaban J connectivity index is 2.11. The molecule has 0 aliphatic heterocycles. The summed E-state index contributed by atoms with van der Waals surface area (Å²) in [5, 5.41) is 13.5. The molecule has 2 aromatic rings. The number of nitrogens with zero attached hydrogens (tertiary/aromatic N) is 2. The Bertz CT molecular complexity index is 855. The van der Waals surface area contributed by atoms with Gasteiger partial charge >= 0.3 is 0 Å². The lowest BCUT2D eigenvalue weighted by atomic mass is 10.1. The Morgan fingerprint density at radius 3 is 2.44 bits per heavy atom. The van der Waals surface area contributed by atoms with Crippen molar-refractivity contribution in [1.82, 2.24) is 4.57 Å². The molecule has 0 atom stereocenters. The molecule has 8 nitrogen and oxygen atoms in total. The summed E-state index contributed by atoms with van der Waals surface area (Å²) in [6, 6.07) is 8.40. The monoisotopic (exact) mass is 343 g/mol. The molecule has 0 spiro atoms. The van der Waals surface area contributed by atoms with Gasteiger partial charge in [0.1, 0.15) is 0 Å². The average molecular weight is 343 g/mol. The van der Waals surface area contributed by atoms with Crippen molar-refractivity contribution in [3.8, 4) is 0 Å². The predicted molar refractivity (Wildman–Crippen MR) is 91.7 cm³/mol. The fourth-order valence-electron chi connectivity index (χ4n) is 2.19. The van der Waals surface area contributed by atoms with E-state index in [4.69, 9.17) is 0 Å². The topological polar surface area (TPSA) is 111 Å². The van der Waals surface area contributed by atoms with E-state index in [1.165, 1.54) is 12.1 Å². The van der Waals surface area contributed by atoms with E-state index in [1.54, 1.807) is 12.1 Å². The van der Waals surface area contributed by atoms with Gasteiger partial charge in [0.25, 0.3) is 11.2 Å². The summed E-state index contributed by atoms with van der Waals surface area (Å²) in [7, 11) is 0. The zero-order chi connectivity index (χ0) is 18.4. The quantitative estimate of drug-likeness (QED) is 0.471. The number of hydrogen-bond donors (Lipinski definition) is 1. The van der Waals surface area contributed by atoms with Crippen LogP contribution in [0.5, 0.6) is 0 Å². The maximum atomic E-state index is 12.3. The Labute approximate surface area is 143 Å². The van der Waals surface area contributed by atoms with Gasteiger partial charge < -0.3 is 9.88 Å². The van der Waals surface area contributed by atoms with Crippen LogP contribution in [0.2, 0.25) is 0 Å². The molecular weight excluding hydrogens is 326 g/mol. The van der Waals surface area contributed by atoms with Crippen LogP contribution >= 0.6 is 0 Å². The molecule has 0 aliphatic rings. The normalized spacial score (nSPS) is 10.3. The first-order chi connectivity index (χ1) is 11.9. The van der Waals surface area contributed by atoms with Crippen LogP contribution in [0.3, 0.4) is 0 Å². The number of Topliss-reactive ketones (excluding diaryl/α,β-unsaturated/α-hetero) is 1. The van der Waals surface area contributed by atoms with Crippen molar-refractivity contribution >= 4 is 23.1 Å². The van der Waals surface area contributed by atoms with Crippen molar-refractivity contribution in [3.05, 3.63) is 68.6 Å². The Morgan fingerprint density at radius 2 is 1.84 bits per heavy atom. The van der Waals surface area contributed by atoms with Gasteiger partial charge in [0.15, 0.2) is 5.78 Å². The maximum absolute atomic E-state index is 12.3. The second kappa shape index (κ2) is 8.00. The minimum Gasteiger partial charge on any atom is -0.326 e. The van der Waals surface area contributed by atoms with Crippen LogP contribution in [-0.2, 0) is 11.3 Å². The molecule has 0 saturated heterocycles. The highest BCUT2D eigenvalue weighted by Crippen LogP contribution is 2.12. The fraction of sp³-hybridized carbons (Fsp3) is 0.235. The summed E-state index contributed by atoms with van der Waals surface area (Å²) in [5.74, 6) is -0.473. The average Bonchev–Trinajstić information content (AvgIpc) is 2.57. The number of benzene rings is 1. The number of pyridine rings is 1. The number of hydrogen-bond acceptors (Lipinski definition) is 5. The van der Waals surface area contributed by atoms with Crippen molar-refractivity contribution in [3.63, 3.8) is 0 Å². The molecule has 1 amide bonds. The first kappa shape index (κ1) is 18.1. The van der Waals surface area contributed by atoms with Crippen LogP contribution in [-0.4, -0.2) is 21.2 Å². The SMILES string of the molecule is CCCC(=O)Nc1ccc(C(=O)Cn2cc([N+](=O)[O-])ccc2=O)cc1. The zero-order valence-corrected chi connectivity index (χ0v) is 13.6. The number of aromatic nitrogens is 1. The van der Waals surface area contributed by atoms with Crippen LogP contribution in [0.15, 0.2) is 47.4 Å². The van der Waals surface area contributed by atoms with Gasteiger partial charge in [0.2, 0.25) is 5.91 Å². The standard InChI is InChI=1S/C17H17N3O5/c1-2-3-16(22)18-13-6-4-12(5-7-13)15(21)11-19-10-14(20(24)25)8-9-17(19)23/h4-10H,2-3,11H2,1H3,(H,18,22). The third-order valence-electron chi connectivity index (χ3n) is 3.46. The minimum atomic E-state index is -0.631. The van der Waals surface area contributed by atoms with Gasteiger partial charge in [0, 0.05) is 29.8 Å². The lowest BCUT2D eigenvalue weighted by molar-refractivity contribution is -0.385. The molecule has 25 heavy (non-hydrogen) atoms. The van der Waals surface area contributed by atoms with Crippen LogP contribution in [0.4, 0.5) is 11.4 Å². The van der Waals surface area contributed by atoms with Gasteiger partial charge in [-0.1, -0.05) is 6.92 Å². The molecule has 1 N–H and O–H groups in total. The van der Waals surface area contributed by atoms with Crippen molar-refractivity contribution in [2.45, 2.75) is 26.3 Å². The summed E-state index contributed by atoms with van der Waals surface area (Å²) in [6.07, 6.45) is 2.19. The highest BCUT2D eigenvalue weighted by atomic mass is 16.6. The second-order valence-corrected chi connectivity index (χ2v) is 5.41. The van der Waals surface area contributed by atoms with Gasteiger partial charge in [-0.15, -0.1) is 0 Å². The molecule has 130 valence electrons. The molecule has 1 aromatic heterocycles. The number of ketones is 1. The predicted octanol–water partition coefficient (Wildman–Crippen LogP) is 2.38. The van der Waals surface area contributed by atoms with Gasteiger partial charge in [-0.25, -0.2) is 0 Å². The van der Waals surface area contributed by atoms with Crippen molar-refractivity contribution in [1.29, 1.82) is 0 Å². The van der Waals surface area contributed by atoms with Gasteiger partial charge in [0.05, 0.1) is 17.7 Å². The van der Waals surface area contributed by atoms with E-state index in [-0.39, 0.29) is 23.9 Å². The van der Waals surface area contributed by atoms with E-state index in [1.807, 2.05) is 6.92 Å². The smallest absolute Gasteiger partial charge is 0.285 e. The number of carbonyl (C=O) groups excluding carboxylic acids is 2. The van der Waals surface area contributed by atoms with E-state index in [0.29, 0.717) is 17.7 Å². The third-order valence-corrected chi connectivity index (χ3v) is 3.46. The lowest BCUT2D eigenvalue weighted by Crippen LogP contribution is -2.23. The Hall–Kier alpha value is -3.29. The summed E-state index contributed by atoms with van der Waals surface area (Å²) in [5.41, 5.74) is 0.151. The van der Waals surface area contributed by atoms with E-state index >= 15 is 0 Å². The van der Waals surface area contributed by atoms with E-state index < -0.39 is 10.5 Å². The third kappa shape index (κ3) is 4.84. The summed E-state index contributed by atoms with van der Waals surface area (Å²) < 4.78 is 0.997. The number of carbonyl (C=O) groups is 2. The van der Waals surface area contributed by atoms with E-state index in [2.05, 4.69) is 5.32 Å². The number of nitrogens with one attached hydrogen (secondary N) is 1. The largest absolute Gasteiger partial charge is 0.326 e. The number of nitro groups is 1. The van der Waals surface area contributed by atoms with Crippen molar-refractivity contribution in [2.24, 2.45) is 0 Å². The fourth-order valence-corrected chi connectivity index (χ4v) is 2.19.